The van der Waals surface area contributed by atoms with Gasteiger partial charge in [0, 0.05) is 18.0 Å². The van der Waals surface area contributed by atoms with Gasteiger partial charge in [0.15, 0.2) is 5.65 Å². The molecule has 0 atom stereocenters. The molecular formula is C19H17N5O4S2. The molecule has 4 aromatic rings. The minimum Gasteiger partial charge on any atom is -0.464 e. The fraction of sp³-hybridized carbons (Fsp3) is 0.211. The van der Waals surface area contributed by atoms with Crippen LogP contribution in [0.4, 0.5) is 5.00 Å². The Morgan fingerprint density at radius 3 is 3.00 bits per heavy atom. The Morgan fingerprint density at radius 2 is 2.23 bits per heavy atom. The maximum absolute atomic E-state index is 12.6. The fourth-order valence-corrected chi connectivity index (χ4v) is 4.54. The predicted octanol–water partition coefficient (Wildman–Crippen LogP) is 3.59. The van der Waals surface area contributed by atoms with E-state index in [1.165, 1.54) is 35.7 Å². The van der Waals surface area contributed by atoms with Crippen LogP contribution in [0.25, 0.3) is 22.4 Å². The van der Waals surface area contributed by atoms with Crippen molar-refractivity contribution in [3.63, 3.8) is 0 Å². The minimum atomic E-state index is -0.513. The molecule has 4 aromatic heterocycles. The summed E-state index contributed by atoms with van der Waals surface area (Å²) in [5.41, 5.74) is 1.56. The number of amides is 1. The molecule has 0 bridgehead atoms. The number of ether oxygens (including phenoxy) is 1. The van der Waals surface area contributed by atoms with E-state index in [2.05, 4.69) is 20.4 Å². The number of aromatic nitrogens is 4. The molecule has 0 aliphatic rings. The fourth-order valence-electron chi connectivity index (χ4n) is 2.82. The lowest BCUT2D eigenvalue weighted by Gasteiger charge is -2.08. The Labute approximate surface area is 179 Å². The Morgan fingerprint density at radius 1 is 1.37 bits per heavy atom. The molecule has 0 saturated carbocycles. The van der Waals surface area contributed by atoms with Crippen molar-refractivity contribution in [3.8, 4) is 11.3 Å². The van der Waals surface area contributed by atoms with Gasteiger partial charge in [-0.25, -0.2) is 14.8 Å². The number of anilines is 1. The number of carbonyl (C=O) groups is 2. The van der Waals surface area contributed by atoms with E-state index in [1.807, 2.05) is 0 Å². The van der Waals surface area contributed by atoms with Crippen LogP contribution in [0, 0.1) is 0 Å². The van der Waals surface area contributed by atoms with Crippen LogP contribution in [-0.4, -0.2) is 44.0 Å². The number of thiophene rings is 1. The topological polar surface area (TPSA) is 112 Å². The second kappa shape index (κ2) is 8.67. The molecule has 4 rings (SSSR count). The van der Waals surface area contributed by atoms with E-state index in [9.17, 15) is 9.59 Å². The Kier molecular flexibility index (Phi) is 5.81. The molecule has 1 amide bonds. The van der Waals surface area contributed by atoms with Crippen molar-refractivity contribution in [2.75, 3.05) is 17.7 Å². The number of hydrogen-bond acceptors (Lipinski definition) is 9. The van der Waals surface area contributed by atoms with Gasteiger partial charge in [-0.2, -0.15) is 5.10 Å². The van der Waals surface area contributed by atoms with Gasteiger partial charge < -0.3 is 14.5 Å². The van der Waals surface area contributed by atoms with Crippen molar-refractivity contribution in [1.82, 2.24) is 19.7 Å². The Bertz CT molecular complexity index is 1200. The van der Waals surface area contributed by atoms with Crippen LogP contribution >= 0.6 is 23.1 Å². The first-order valence-corrected chi connectivity index (χ1v) is 10.8. The van der Waals surface area contributed by atoms with Crippen molar-refractivity contribution in [1.29, 1.82) is 0 Å². The molecule has 30 heavy (non-hydrogen) atoms. The summed E-state index contributed by atoms with van der Waals surface area (Å²) in [4.78, 5) is 33.5. The Balaban J connectivity index is 1.52. The summed E-state index contributed by atoms with van der Waals surface area (Å²) in [5.74, 6) is -0.142. The molecule has 0 aliphatic carbocycles. The van der Waals surface area contributed by atoms with Crippen molar-refractivity contribution < 1.29 is 18.7 Å². The van der Waals surface area contributed by atoms with Crippen molar-refractivity contribution in [2.45, 2.75) is 11.9 Å². The second-order valence-electron chi connectivity index (χ2n) is 6.07. The summed E-state index contributed by atoms with van der Waals surface area (Å²) in [5, 5.41) is 10.6. The third kappa shape index (κ3) is 3.94. The maximum Gasteiger partial charge on any atom is 0.341 e. The lowest BCUT2D eigenvalue weighted by molar-refractivity contribution is -0.113. The summed E-state index contributed by atoms with van der Waals surface area (Å²) in [6.45, 7) is 1.96. The molecule has 0 aliphatic heterocycles. The van der Waals surface area contributed by atoms with E-state index in [0.29, 0.717) is 27.0 Å². The van der Waals surface area contributed by atoms with Gasteiger partial charge in [-0.05, 0) is 19.1 Å². The van der Waals surface area contributed by atoms with Crippen LogP contribution in [0.1, 0.15) is 17.3 Å². The number of rotatable bonds is 7. The minimum absolute atomic E-state index is 0.108. The lowest BCUT2D eigenvalue weighted by atomic mass is 10.1. The number of nitrogens with one attached hydrogen (secondary N) is 1. The number of esters is 1. The standard InChI is InChI=1S/C19H17N5O4S2/c1-3-27-19(26)15-12(13-5-4-6-28-13)8-29-18(15)23-14(25)9-30-17-11-7-22-24(2)16(11)20-10-21-17/h4-8,10H,3,9H2,1-2H3,(H,23,25). The summed E-state index contributed by atoms with van der Waals surface area (Å²) in [7, 11) is 1.79. The summed E-state index contributed by atoms with van der Waals surface area (Å²) in [6.07, 6.45) is 4.64. The van der Waals surface area contributed by atoms with Gasteiger partial charge in [0.2, 0.25) is 5.91 Å². The van der Waals surface area contributed by atoms with E-state index in [-0.39, 0.29) is 23.8 Å². The number of fused-ring (bicyclic) bond motifs is 1. The molecule has 1 N–H and O–H groups in total. The predicted molar refractivity (Wildman–Crippen MR) is 114 cm³/mol. The van der Waals surface area contributed by atoms with E-state index >= 15 is 0 Å². The van der Waals surface area contributed by atoms with E-state index in [1.54, 1.807) is 42.4 Å². The highest BCUT2D eigenvalue weighted by molar-refractivity contribution is 8.00. The molecule has 4 heterocycles. The number of furan rings is 1. The number of hydrogen-bond donors (Lipinski definition) is 1. The average Bonchev–Trinajstić information content (AvgIpc) is 3.47. The normalized spacial score (nSPS) is 11.0. The number of nitrogens with zero attached hydrogens (tertiary/aromatic N) is 4. The number of carbonyl (C=O) groups excluding carboxylic acids is 2. The molecule has 0 unspecified atom stereocenters. The molecule has 154 valence electrons. The van der Waals surface area contributed by atoms with Gasteiger partial charge in [0.05, 0.1) is 30.2 Å². The molecule has 0 spiro atoms. The number of thioether (sulfide) groups is 1. The first-order chi connectivity index (χ1) is 14.6. The highest BCUT2D eigenvalue weighted by Crippen LogP contribution is 2.36. The van der Waals surface area contributed by atoms with Gasteiger partial charge in [0.25, 0.3) is 0 Å². The van der Waals surface area contributed by atoms with Gasteiger partial charge >= 0.3 is 5.97 Å². The molecule has 9 nitrogen and oxygen atoms in total. The lowest BCUT2D eigenvalue weighted by Crippen LogP contribution is -2.16. The zero-order valence-electron chi connectivity index (χ0n) is 16.1. The van der Waals surface area contributed by atoms with Gasteiger partial charge in [-0.3, -0.25) is 9.48 Å². The zero-order valence-corrected chi connectivity index (χ0v) is 17.7. The first kappa shape index (κ1) is 20.1. The van der Waals surface area contributed by atoms with E-state index < -0.39 is 5.97 Å². The quantitative estimate of drug-likeness (QED) is 0.262. The van der Waals surface area contributed by atoms with Gasteiger partial charge in [-0.15, -0.1) is 11.3 Å². The summed E-state index contributed by atoms with van der Waals surface area (Å²) >= 11 is 2.52. The van der Waals surface area contributed by atoms with Crippen LogP contribution < -0.4 is 5.32 Å². The highest BCUT2D eigenvalue weighted by Gasteiger charge is 2.24. The summed E-state index contributed by atoms with van der Waals surface area (Å²) < 4.78 is 12.2. The SMILES string of the molecule is CCOC(=O)c1c(-c2ccco2)csc1NC(=O)CSc1ncnc2c1cnn2C. The van der Waals surface area contributed by atoms with Crippen LogP contribution in [-0.2, 0) is 16.6 Å². The second-order valence-corrected chi connectivity index (χ2v) is 7.92. The van der Waals surface area contributed by atoms with Crippen LogP contribution in [0.3, 0.4) is 0 Å². The molecule has 0 aromatic carbocycles. The zero-order chi connectivity index (χ0) is 21.1. The van der Waals surface area contributed by atoms with Gasteiger partial charge in [-0.1, -0.05) is 11.8 Å². The molecule has 0 radical (unpaired) electrons. The third-order valence-corrected chi connectivity index (χ3v) is 6.04. The first-order valence-electron chi connectivity index (χ1n) is 8.96. The Hall–Kier alpha value is -3.18. The molecular weight excluding hydrogens is 426 g/mol. The van der Waals surface area contributed by atoms with Crippen LogP contribution in [0.15, 0.2) is 45.7 Å². The number of aryl methyl sites for hydroxylation is 1. The van der Waals surface area contributed by atoms with Crippen LogP contribution in [0.5, 0.6) is 0 Å². The van der Waals surface area contributed by atoms with Crippen molar-refractivity contribution in [3.05, 3.63) is 41.9 Å². The largest absolute Gasteiger partial charge is 0.464 e. The van der Waals surface area contributed by atoms with Crippen LogP contribution in [0.2, 0.25) is 0 Å². The van der Waals surface area contributed by atoms with Crippen molar-refractivity contribution in [2.24, 2.45) is 7.05 Å². The smallest absolute Gasteiger partial charge is 0.341 e. The molecule has 11 heteroatoms. The molecule has 0 saturated heterocycles. The van der Waals surface area contributed by atoms with E-state index in [0.717, 1.165) is 5.39 Å². The maximum atomic E-state index is 12.6. The third-order valence-electron chi connectivity index (χ3n) is 4.14. The highest BCUT2D eigenvalue weighted by atomic mass is 32.2. The van der Waals surface area contributed by atoms with E-state index in [4.69, 9.17) is 9.15 Å². The average molecular weight is 444 g/mol. The monoisotopic (exact) mass is 443 g/mol. The van der Waals surface area contributed by atoms with Crippen molar-refractivity contribution >= 4 is 51.0 Å². The van der Waals surface area contributed by atoms with Gasteiger partial charge in [0.1, 0.15) is 27.7 Å². The summed E-state index contributed by atoms with van der Waals surface area (Å²) in [6, 6.07) is 3.48. The molecule has 0 fully saturated rings.